The first-order valence-electron chi connectivity index (χ1n) is 2.64. The third-order valence-electron chi connectivity index (χ3n) is 0.224. The predicted molar refractivity (Wildman–Crippen MR) is 32.1 cm³/mol. The van der Waals surface area contributed by atoms with Crippen molar-refractivity contribution in [2.45, 2.75) is 20.3 Å². The second-order valence-corrected chi connectivity index (χ2v) is 1.13. The largest absolute Gasteiger partial charge is 0.396 e. The second kappa shape index (κ2) is 16.8. The van der Waals surface area contributed by atoms with Crippen LogP contribution in [0.1, 0.15) is 20.3 Å². The van der Waals surface area contributed by atoms with Gasteiger partial charge in [0.2, 0.25) is 0 Å². The third-order valence-corrected chi connectivity index (χ3v) is 0.224. The predicted octanol–water partition coefficient (Wildman–Crippen LogP) is 0.354. The van der Waals surface area contributed by atoms with Crippen molar-refractivity contribution in [2.24, 2.45) is 5.73 Å². The minimum atomic E-state index is 0.319. The number of rotatable bonds is 1. The lowest BCUT2D eigenvalue weighted by Crippen LogP contribution is -1.87. The Hall–Kier alpha value is -0.0800. The van der Waals surface area contributed by atoms with Gasteiger partial charge in [-0.2, -0.15) is 0 Å². The highest BCUT2D eigenvalue weighted by atomic mass is 16.2. The Bertz CT molecular complexity index is 15.6. The molecule has 0 aliphatic heterocycles. The molecule has 0 saturated heterocycles. The molecule has 0 aromatic rings. The molecule has 0 fully saturated rings. The quantitative estimate of drug-likeness (QED) is 0.505. The topological polar surface area (TPSA) is 46.2 Å². The van der Waals surface area contributed by atoms with Crippen LogP contribution in [-0.2, 0) is 0 Å². The monoisotopic (exact) mass is 105 g/mol. The molecule has 0 bridgehead atoms. The lowest BCUT2D eigenvalue weighted by molar-refractivity contribution is 0.295. The molecular formula is C5H15NO. The molecule has 0 heterocycles. The van der Waals surface area contributed by atoms with Crippen LogP contribution in [0.15, 0.2) is 0 Å². The summed E-state index contributed by atoms with van der Waals surface area (Å²) in [7, 11) is 0. The van der Waals surface area contributed by atoms with Gasteiger partial charge >= 0.3 is 0 Å². The van der Waals surface area contributed by atoms with Crippen LogP contribution in [-0.4, -0.2) is 18.3 Å². The van der Waals surface area contributed by atoms with Crippen molar-refractivity contribution in [3.05, 3.63) is 0 Å². The summed E-state index contributed by atoms with van der Waals surface area (Å²) in [5.41, 5.74) is 4.85. The SMILES string of the molecule is CCCO.CCN. The number of aliphatic hydroxyl groups excluding tert-OH is 1. The number of aliphatic hydroxyl groups is 1. The van der Waals surface area contributed by atoms with Crippen LogP contribution in [0.2, 0.25) is 0 Å². The van der Waals surface area contributed by atoms with E-state index in [4.69, 9.17) is 10.8 Å². The molecule has 7 heavy (non-hydrogen) atoms. The number of nitrogens with two attached hydrogens (primary N) is 1. The van der Waals surface area contributed by atoms with E-state index in [1.165, 1.54) is 0 Å². The molecular weight excluding hydrogens is 90.1 g/mol. The van der Waals surface area contributed by atoms with Gasteiger partial charge in [0, 0.05) is 6.61 Å². The summed E-state index contributed by atoms with van der Waals surface area (Å²) in [5.74, 6) is 0. The van der Waals surface area contributed by atoms with Gasteiger partial charge in [0.25, 0.3) is 0 Å². The molecule has 46 valence electrons. The average Bonchev–Trinajstić information content (AvgIpc) is 1.69. The Morgan fingerprint density at radius 2 is 1.57 bits per heavy atom. The fourth-order valence-corrected chi connectivity index (χ4v) is 0. The van der Waals surface area contributed by atoms with Gasteiger partial charge in [-0.25, -0.2) is 0 Å². The van der Waals surface area contributed by atoms with E-state index in [2.05, 4.69) is 0 Å². The molecule has 0 saturated carbocycles. The molecule has 3 N–H and O–H groups in total. The maximum absolute atomic E-state index is 7.88. The molecule has 0 aliphatic carbocycles. The van der Waals surface area contributed by atoms with E-state index in [0.29, 0.717) is 6.61 Å². The van der Waals surface area contributed by atoms with E-state index in [-0.39, 0.29) is 0 Å². The van der Waals surface area contributed by atoms with E-state index in [1.807, 2.05) is 13.8 Å². The first-order chi connectivity index (χ1) is 3.33. The molecule has 0 spiro atoms. The lowest BCUT2D eigenvalue weighted by atomic mass is 10.5. The molecule has 0 aromatic heterocycles. The summed E-state index contributed by atoms with van der Waals surface area (Å²) in [6.45, 7) is 4.90. The Morgan fingerprint density at radius 1 is 1.43 bits per heavy atom. The van der Waals surface area contributed by atoms with Gasteiger partial charge in [-0.05, 0) is 13.0 Å². The molecule has 0 amide bonds. The van der Waals surface area contributed by atoms with Crippen molar-refractivity contribution in [3.63, 3.8) is 0 Å². The zero-order valence-corrected chi connectivity index (χ0v) is 5.15. The first kappa shape index (κ1) is 10.0. The summed E-state index contributed by atoms with van der Waals surface area (Å²) in [4.78, 5) is 0. The highest BCUT2D eigenvalue weighted by Gasteiger charge is 1.57. The van der Waals surface area contributed by atoms with E-state index < -0.39 is 0 Å². The minimum Gasteiger partial charge on any atom is -0.396 e. The van der Waals surface area contributed by atoms with Crippen molar-refractivity contribution in [2.75, 3.05) is 13.2 Å². The van der Waals surface area contributed by atoms with Crippen LogP contribution in [0, 0.1) is 0 Å². The fourth-order valence-electron chi connectivity index (χ4n) is 0. The summed E-state index contributed by atoms with van der Waals surface area (Å²) in [5, 5.41) is 7.88. The van der Waals surface area contributed by atoms with E-state index in [9.17, 15) is 0 Å². The molecule has 0 atom stereocenters. The second-order valence-electron chi connectivity index (χ2n) is 1.13. The molecule has 0 radical (unpaired) electrons. The van der Waals surface area contributed by atoms with Gasteiger partial charge in [-0.1, -0.05) is 13.8 Å². The van der Waals surface area contributed by atoms with Crippen LogP contribution in [0.4, 0.5) is 0 Å². The Morgan fingerprint density at radius 3 is 1.57 bits per heavy atom. The summed E-state index contributed by atoms with van der Waals surface area (Å²) in [6.07, 6.45) is 0.875. The Labute approximate surface area is 45.3 Å². The molecule has 0 aliphatic rings. The van der Waals surface area contributed by atoms with E-state index in [1.54, 1.807) is 0 Å². The van der Waals surface area contributed by atoms with Crippen LogP contribution in [0.25, 0.3) is 0 Å². The standard InChI is InChI=1S/C3H8O.C2H7N/c1-2-3-4;1-2-3/h4H,2-3H2,1H3;2-3H2,1H3. The van der Waals surface area contributed by atoms with Gasteiger partial charge < -0.3 is 10.8 Å². The summed E-state index contributed by atoms with van der Waals surface area (Å²) >= 11 is 0. The maximum Gasteiger partial charge on any atom is 0.0428 e. The van der Waals surface area contributed by atoms with Crippen molar-refractivity contribution >= 4 is 0 Å². The average molecular weight is 105 g/mol. The van der Waals surface area contributed by atoms with Gasteiger partial charge in [-0.3, -0.25) is 0 Å². The smallest absolute Gasteiger partial charge is 0.0428 e. The van der Waals surface area contributed by atoms with Crippen molar-refractivity contribution in [1.29, 1.82) is 0 Å². The number of hydrogen-bond donors (Lipinski definition) is 2. The van der Waals surface area contributed by atoms with Crippen LogP contribution < -0.4 is 5.73 Å². The highest BCUT2D eigenvalue weighted by Crippen LogP contribution is 1.61. The normalized spacial score (nSPS) is 6.86. The summed E-state index contributed by atoms with van der Waals surface area (Å²) < 4.78 is 0. The number of hydrogen-bond acceptors (Lipinski definition) is 2. The molecule has 0 unspecified atom stereocenters. The van der Waals surface area contributed by atoms with Gasteiger partial charge in [-0.15, -0.1) is 0 Å². The first-order valence-corrected chi connectivity index (χ1v) is 2.64. The van der Waals surface area contributed by atoms with Crippen molar-refractivity contribution in [1.82, 2.24) is 0 Å². The fraction of sp³-hybridized carbons (Fsp3) is 1.00. The lowest BCUT2D eigenvalue weighted by Gasteiger charge is -1.69. The van der Waals surface area contributed by atoms with Crippen LogP contribution in [0.5, 0.6) is 0 Å². The van der Waals surface area contributed by atoms with E-state index >= 15 is 0 Å². The maximum atomic E-state index is 7.88. The molecule has 0 rings (SSSR count). The van der Waals surface area contributed by atoms with Crippen molar-refractivity contribution < 1.29 is 5.11 Å². The van der Waals surface area contributed by atoms with Crippen LogP contribution in [0.3, 0.4) is 0 Å². The minimum absolute atomic E-state index is 0.319. The highest BCUT2D eigenvalue weighted by molar-refractivity contribution is 4.10. The van der Waals surface area contributed by atoms with Gasteiger partial charge in [0.1, 0.15) is 0 Å². The van der Waals surface area contributed by atoms with E-state index in [0.717, 1.165) is 13.0 Å². The van der Waals surface area contributed by atoms with Gasteiger partial charge in [0.15, 0.2) is 0 Å². The molecule has 0 aromatic carbocycles. The summed E-state index contributed by atoms with van der Waals surface area (Å²) in [6, 6.07) is 0. The van der Waals surface area contributed by atoms with Gasteiger partial charge in [0.05, 0.1) is 0 Å². The Kier molecular flexibility index (Phi) is 24.1. The molecule has 2 heteroatoms. The van der Waals surface area contributed by atoms with Crippen molar-refractivity contribution in [3.8, 4) is 0 Å². The Balaban J connectivity index is 0. The van der Waals surface area contributed by atoms with Crippen LogP contribution >= 0.6 is 0 Å². The molecule has 2 nitrogen and oxygen atoms in total. The zero-order chi connectivity index (χ0) is 6.12. The third kappa shape index (κ3) is 107. The zero-order valence-electron chi connectivity index (χ0n) is 5.15.